The Balaban J connectivity index is 3.59. The first kappa shape index (κ1) is 14.8. The van der Waals surface area contributed by atoms with Gasteiger partial charge in [-0.05, 0) is 24.6 Å². The highest BCUT2D eigenvalue weighted by atomic mass is 32.2. The molecule has 0 bridgehead atoms. The molecule has 0 aliphatic rings. The first-order valence-electron chi connectivity index (χ1n) is 5.59. The second-order valence-electron chi connectivity index (χ2n) is 3.28. The summed E-state index contributed by atoms with van der Waals surface area (Å²) in [6, 6.07) is 0. The fourth-order valence-corrected chi connectivity index (χ4v) is 1.37. The number of nitrogens with zero attached hydrogens (tertiary/aromatic N) is 1. The number of hydrogen-bond acceptors (Lipinski definition) is 4. The van der Waals surface area contributed by atoms with E-state index in [2.05, 4.69) is 13.8 Å². The van der Waals surface area contributed by atoms with Gasteiger partial charge in [0, 0.05) is 13.2 Å². The molecule has 0 aliphatic carbocycles. The molecule has 0 saturated heterocycles. The van der Waals surface area contributed by atoms with Gasteiger partial charge < -0.3 is 9.47 Å². The van der Waals surface area contributed by atoms with Gasteiger partial charge in [0.2, 0.25) is 0 Å². The van der Waals surface area contributed by atoms with Crippen LogP contribution < -0.4 is 0 Å². The minimum Gasteiger partial charge on any atom is -0.352 e. The number of rotatable bonds is 10. The SMILES string of the molecule is CCCCOC(CSC#N)OCCCC. The van der Waals surface area contributed by atoms with Crippen LogP contribution in [0.1, 0.15) is 39.5 Å². The summed E-state index contributed by atoms with van der Waals surface area (Å²) in [6.45, 7) is 5.69. The molecular weight excluding hydrogens is 210 g/mol. The maximum absolute atomic E-state index is 8.46. The molecule has 0 aromatic carbocycles. The van der Waals surface area contributed by atoms with E-state index in [9.17, 15) is 0 Å². The third kappa shape index (κ3) is 10.1. The predicted molar refractivity (Wildman–Crippen MR) is 63.6 cm³/mol. The number of thioether (sulfide) groups is 1. The third-order valence-corrected chi connectivity index (χ3v) is 2.46. The number of thiocyanates is 1. The molecule has 4 heteroatoms. The average molecular weight is 231 g/mol. The molecule has 0 fully saturated rings. The van der Waals surface area contributed by atoms with Crippen molar-refractivity contribution in [3.8, 4) is 5.40 Å². The standard InChI is InChI=1S/C11H21NO2S/c1-3-5-7-13-11(9-15-10-12)14-8-6-4-2/h11H,3-9H2,1-2H3. The molecule has 0 N–H and O–H groups in total. The summed E-state index contributed by atoms with van der Waals surface area (Å²) in [5, 5.41) is 10.5. The Kier molecular flexibility index (Phi) is 11.6. The molecule has 0 heterocycles. The van der Waals surface area contributed by atoms with Gasteiger partial charge in [-0.3, -0.25) is 0 Å². The van der Waals surface area contributed by atoms with Gasteiger partial charge in [-0.25, -0.2) is 0 Å². The van der Waals surface area contributed by atoms with Gasteiger partial charge in [-0.2, -0.15) is 5.26 Å². The Morgan fingerprint density at radius 3 is 2.07 bits per heavy atom. The summed E-state index contributed by atoms with van der Waals surface area (Å²) in [5.41, 5.74) is 0. The lowest BCUT2D eigenvalue weighted by Gasteiger charge is -2.16. The minimum atomic E-state index is -0.215. The highest BCUT2D eigenvalue weighted by Gasteiger charge is 2.08. The van der Waals surface area contributed by atoms with E-state index >= 15 is 0 Å². The Hall–Kier alpha value is -0.240. The number of nitriles is 1. The van der Waals surface area contributed by atoms with Crippen molar-refractivity contribution < 1.29 is 9.47 Å². The Morgan fingerprint density at radius 2 is 1.67 bits per heavy atom. The van der Waals surface area contributed by atoms with E-state index in [1.165, 1.54) is 11.8 Å². The normalized spacial score (nSPS) is 10.5. The summed E-state index contributed by atoms with van der Waals surface area (Å²) in [6.07, 6.45) is 4.11. The van der Waals surface area contributed by atoms with Gasteiger partial charge >= 0.3 is 0 Å². The first-order valence-corrected chi connectivity index (χ1v) is 6.57. The number of hydrogen-bond donors (Lipinski definition) is 0. The van der Waals surface area contributed by atoms with Crippen molar-refractivity contribution in [1.29, 1.82) is 5.26 Å². The van der Waals surface area contributed by atoms with Gasteiger partial charge in [0.1, 0.15) is 5.40 Å². The smallest absolute Gasteiger partial charge is 0.167 e. The van der Waals surface area contributed by atoms with Gasteiger partial charge in [-0.1, -0.05) is 26.7 Å². The molecule has 0 radical (unpaired) electrons. The summed E-state index contributed by atoms with van der Waals surface area (Å²) in [7, 11) is 0. The van der Waals surface area contributed by atoms with E-state index in [1.54, 1.807) is 0 Å². The Morgan fingerprint density at radius 1 is 1.13 bits per heavy atom. The van der Waals surface area contributed by atoms with Crippen LogP contribution in [0.3, 0.4) is 0 Å². The second-order valence-corrected chi connectivity index (χ2v) is 4.09. The summed E-state index contributed by atoms with van der Waals surface area (Å²) >= 11 is 1.19. The van der Waals surface area contributed by atoms with Crippen LogP contribution in [0, 0.1) is 10.7 Å². The van der Waals surface area contributed by atoms with Crippen molar-refractivity contribution in [2.24, 2.45) is 0 Å². The van der Waals surface area contributed by atoms with Gasteiger partial charge in [-0.15, -0.1) is 0 Å². The number of ether oxygens (including phenoxy) is 2. The van der Waals surface area contributed by atoms with Crippen LogP contribution in [0.2, 0.25) is 0 Å². The largest absolute Gasteiger partial charge is 0.352 e. The van der Waals surface area contributed by atoms with E-state index in [4.69, 9.17) is 14.7 Å². The fraction of sp³-hybridized carbons (Fsp3) is 0.909. The van der Waals surface area contributed by atoms with Gasteiger partial charge in [0.25, 0.3) is 0 Å². The molecule has 0 aromatic rings. The molecule has 0 saturated carbocycles. The molecule has 0 amide bonds. The second kappa shape index (κ2) is 11.8. The van der Waals surface area contributed by atoms with Crippen molar-refractivity contribution in [3.05, 3.63) is 0 Å². The van der Waals surface area contributed by atoms with Gasteiger partial charge in [0.05, 0.1) is 5.75 Å². The van der Waals surface area contributed by atoms with Crippen molar-refractivity contribution in [1.82, 2.24) is 0 Å². The van der Waals surface area contributed by atoms with E-state index < -0.39 is 0 Å². The van der Waals surface area contributed by atoms with Crippen LogP contribution in [0.4, 0.5) is 0 Å². The van der Waals surface area contributed by atoms with Gasteiger partial charge in [0.15, 0.2) is 6.29 Å². The minimum absolute atomic E-state index is 0.215. The lowest BCUT2D eigenvalue weighted by Crippen LogP contribution is -2.21. The molecule has 3 nitrogen and oxygen atoms in total. The maximum atomic E-state index is 8.46. The zero-order valence-electron chi connectivity index (χ0n) is 9.70. The lowest BCUT2D eigenvalue weighted by molar-refractivity contribution is -0.128. The highest BCUT2D eigenvalue weighted by Crippen LogP contribution is 2.07. The summed E-state index contributed by atoms with van der Waals surface area (Å²) in [5.74, 6) is 0.601. The average Bonchev–Trinajstić information content (AvgIpc) is 2.25. The maximum Gasteiger partial charge on any atom is 0.167 e. The van der Waals surface area contributed by atoms with E-state index in [0.29, 0.717) is 5.75 Å². The molecule has 0 aromatic heterocycles. The molecule has 0 rings (SSSR count). The van der Waals surface area contributed by atoms with Crippen LogP contribution >= 0.6 is 11.8 Å². The zero-order valence-corrected chi connectivity index (χ0v) is 10.5. The Bertz CT molecular complexity index is 160. The molecule has 0 aliphatic heterocycles. The van der Waals surface area contributed by atoms with Crippen LogP contribution in [0.5, 0.6) is 0 Å². The zero-order chi connectivity index (χ0) is 11.4. The van der Waals surface area contributed by atoms with E-state index in [1.807, 2.05) is 5.40 Å². The molecular formula is C11H21NO2S. The van der Waals surface area contributed by atoms with Crippen LogP contribution in [0.15, 0.2) is 0 Å². The molecule has 0 unspecified atom stereocenters. The first-order chi connectivity index (χ1) is 7.35. The summed E-state index contributed by atoms with van der Waals surface area (Å²) in [4.78, 5) is 0. The topological polar surface area (TPSA) is 42.2 Å². The quantitative estimate of drug-likeness (QED) is 0.329. The molecule has 88 valence electrons. The fourth-order valence-electron chi connectivity index (χ4n) is 0.968. The molecule has 0 spiro atoms. The van der Waals surface area contributed by atoms with Crippen LogP contribution in [0.25, 0.3) is 0 Å². The number of unbranched alkanes of at least 4 members (excludes halogenated alkanes) is 2. The lowest BCUT2D eigenvalue weighted by atomic mass is 10.4. The van der Waals surface area contributed by atoms with Crippen LogP contribution in [-0.4, -0.2) is 25.3 Å². The third-order valence-electron chi connectivity index (χ3n) is 1.89. The predicted octanol–water partition coefficient (Wildman–Crippen LogP) is 3.16. The van der Waals surface area contributed by atoms with E-state index in [0.717, 1.165) is 38.9 Å². The van der Waals surface area contributed by atoms with Crippen molar-refractivity contribution in [2.45, 2.75) is 45.8 Å². The van der Waals surface area contributed by atoms with Crippen LogP contribution in [-0.2, 0) is 9.47 Å². The van der Waals surface area contributed by atoms with E-state index in [-0.39, 0.29) is 6.29 Å². The summed E-state index contributed by atoms with van der Waals surface area (Å²) < 4.78 is 11.1. The monoisotopic (exact) mass is 231 g/mol. The van der Waals surface area contributed by atoms with Crippen molar-refractivity contribution in [3.63, 3.8) is 0 Å². The Labute approximate surface area is 97.1 Å². The molecule has 15 heavy (non-hydrogen) atoms. The molecule has 0 atom stereocenters. The van der Waals surface area contributed by atoms with Crippen molar-refractivity contribution >= 4 is 11.8 Å². The highest BCUT2D eigenvalue weighted by molar-refractivity contribution is 8.03. The van der Waals surface area contributed by atoms with Crippen molar-refractivity contribution in [2.75, 3.05) is 19.0 Å².